The molecule has 5 heteroatoms. The van der Waals surface area contributed by atoms with Crippen molar-refractivity contribution in [3.05, 3.63) is 35.9 Å². The molecule has 24 heavy (non-hydrogen) atoms. The summed E-state index contributed by atoms with van der Waals surface area (Å²) in [6.45, 7) is 8.98. The zero-order valence-electron chi connectivity index (χ0n) is 15.3. The Morgan fingerprint density at radius 1 is 1.08 bits per heavy atom. The molecule has 0 saturated carbocycles. The van der Waals surface area contributed by atoms with E-state index in [1.807, 2.05) is 65.0 Å². The zero-order valence-corrected chi connectivity index (χ0v) is 15.3. The average molecular weight is 335 g/mol. The van der Waals surface area contributed by atoms with Crippen molar-refractivity contribution in [2.75, 3.05) is 6.61 Å². The molecule has 0 radical (unpaired) electrons. The summed E-state index contributed by atoms with van der Waals surface area (Å²) < 4.78 is 5.32. The molecule has 1 rings (SSSR count). The zero-order chi connectivity index (χ0) is 18.4. The Balaban J connectivity index is 2.60. The molecule has 134 valence electrons. The number of carbonyl (C=O) groups is 2. The number of carbonyl (C=O) groups excluding carboxylic acids is 2. The Morgan fingerprint density at radius 2 is 1.67 bits per heavy atom. The van der Waals surface area contributed by atoms with E-state index in [9.17, 15) is 14.7 Å². The lowest BCUT2D eigenvalue weighted by Gasteiger charge is -2.27. The summed E-state index contributed by atoms with van der Waals surface area (Å²) in [5.74, 6) is -0.520. The molecule has 5 nitrogen and oxygen atoms in total. The van der Waals surface area contributed by atoms with Gasteiger partial charge in [0, 0.05) is 6.42 Å². The fourth-order valence-electron chi connectivity index (χ4n) is 2.43. The van der Waals surface area contributed by atoms with Crippen molar-refractivity contribution < 1.29 is 19.4 Å². The van der Waals surface area contributed by atoms with Crippen molar-refractivity contribution in [3.8, 4) is 0 Å². The van der Waals surface area contributed by atoms with Gasteiger partial charge in [-0.15, -0.1) is 0 Å². The minimum atomic E-state index is -0.537. The molecule has 0 aliphatic carbocycles. The van der Waals surface area contributed by atoms with Crippen molar-refractivity contribution in [3.63, 3.8) is 0 Å². The molecule has 2 N–H and O–H groups in total. The summed E-state index contributed by atoms with van der Waals surface area (Å²) in [6.07, 6.45) is 0.336. The summed E-state index contributed by atoms with van der Waals surface area (Å²) in [4.78, 5) is 24.3. The first kappa shape index (κ1) is 20.2. The van der Waals surface area contributed by atoms with Gasteiger partial charge >= 0.3 is 5.97 Å². The molecule has 0 aromatic heterocycles. The van der Waals surface area contributed by atoms with Gasteiger partial charge in [-0.05, 0) is 31.7 Å². The van der Waals surface area contributed by atoms with Crippen LogP contribution in [0.3, 0.4) is 0 Å². The maximum absolute atomic E-state index is 12.3. The van der Waals surface area contributed by atoms with E-state index in [-0.39, 0.29) is 31.3 Å². The number of hydrogen-bond acceptors (Lipinski definition) is 4. The molecule has 0 unspecified atom stereocenters. The molecule has 0 spiro atoms. The van der Waals surface area contributed by atoms with E-state index in [0.717, 1.165) is 5.56 Å². The van der Waals surface area contributed by atoms with E-state index < -0.39 is 17.1 Å². The molecule has 0 aliphatic rings. The maximum atomic E-state index is 12.3. The second kappa shape index (κ2) is 8.29. The second-order valence-corrected chi connectivity index (χ2v) is 7.82. The van der Waals surface area contributed by atoms with Gasteiger partial charge in [-0.3, -0.25) is 9.59 Å². The van der Waals surface area contributed by atoms with E-state index in [0.29, 0.717) is 0 Å². The predicted octanol–water partition coefficient (Wildman–Crippen LogP) is 2.98. The van der Waals surface area contributed by atoms with E-state index in [1.165, 1.54) is 0 Å². The first-order valence-electron chi connectivity index (χ1n) is 8.19. The standard InChI is InChI=1S/C19H29NO4/c1-18(2,3)24-17(23)12-19(4,5)11-16(22)20-15(13-21)14-9-7-6-8-10-14/h6-10,15,21H,11-13H2,1-5H3,(H,20,22)/t15-/m1/s1. The highest BCUT2D eigenvalue weighted by Gasteiger charge is 2.29. The van der Waals surface area contributed by atoms with Gasteiger partial charge in [0.25, 0.3) is 0 Å². The maximum Gasteiger partial charge on any atom is 0.306 e. The highest BCUT2D eigenvalue weighted by atomic mass is 16.6. The highest BCUT2D eigenvalue weighted by Crippen LogP contribution is 2.27. The van der Waals surface area contributed by atoms with E-state index >= 15 is 0 Å². The summed E-state index contributed by atoms with van der Waals surface area (Å²) in [6, 6.07) is 8.85. The van der Waals surface area contributed by atoms with Gasteiger partial charge in [0.2, 0.25) is 5.91 Å². The first-order valence-corrected chi connectivity index (χ1v) is 8.19. The second-order valence-electron chi connectivity index (χ2n) is 7.82. The lowest BCUT2D eigenvalue weighted by Crippen LogP contribution is -2.35. The van der Waals surface area contributed by atoms with Crippen LogP contribution in [0.1, 0.15) is 59.1 Å². The van der Waals surface area contributed by atoms with E-state index in [2.05, 4.69) is 5.32 Å². The van der Waals surface area contributed by atoms with Crippen molar-refractivity contribution in [1.82, 2.24) is 5.32 Å². The van der Waals surface area contributed by atoms with Crippen LogP contribution >= 0.6 is 0 Å². The quantitative estimate of drug-likeness (QED) is 0.751. The van der Waals surface area contributed by atoms with Crippen LogP contribution in [0, 0.1) is 5.41 Å². The van der Waals surface area contributed by atoms with Gasteiger partial charge in [0.15, 0.2) is 0 Å². The monoisotopic (exact) mass is 335 g/mol. The van der Waals surface area contributed by atoms with Crippen LogP contribution in [-0.4, -0.2) is 29.2 Å². The van der Waals surface area contributed by atoms with Crippen LogP contribution in [0.2, 0.25) is 0 Å². The van der Waals surface area contributed by atoms with Crippen LogP contribution in [0.25, 0.3) is 0 Å². The van der Waals surface area contributed by atoms with Crippen LogP contribution in [0.4, 0.5) is 0 Å². The molecule has 0 heterocycles. The van der Waals surface area contributed by atoms with Crippen LogP contribution in [-0.2, 0) is 14.3 Å². The minimum absolute atomic E-state index is 0.160. The smallest absolute Gasteiger partial charge is 0.306 e. The molecule has 1 atom stereocenters. The summed E-state index contributed by atoms with van der Waals surface area (Å²) >= 11 is 0. The molecular formula is C19H29NO4. The largest absolute Gasteiger partial charge is 0.460 e. The van der Waals surface area contributed by atoms with Crippen LogP contribution < -0.4 is 5.32 Å². The van der Waals surface area contributed by atoms with E-state index in [1.54, 1.807) is 0 Å². The minimum Gasteiger partial charge on any atom is -0.460 e. The summed E-state index contributed by atoms with van der Waals surface area (Å²) in [7, 11) is 0. The molecule has 0 saturated heterocycles. The molecular weight excluding hydrogens is 306 g/mol. The molecule has 1 aromatic rings. The van der Waals surface area contributed by atoms with Crippen molar-refractivity contribution in [1.29, 1.82) is 0 Å². The van der Waals surface area contributed by atoms with Crippen LogP contribution in [0.15, 0.2) is 30.3 Å². The van der Waals surface area contributed by atoms with Crippen LogP contribution in [0.5, 0.6) is 0 Å². The molecule has 1 amide bonds. The lowest BCUT2D eigenvalue weighted by molar-refractivity contribution is -0.157. The Morgan fingerprint density at radius 3 is 2.17 bits per heavy atom. The fraction of sp³-hybridized carbons (Fsp3) is 0.579. The number of esters is 1. The number of hydrogen-bond donors (Lipinski definition) is 2. The number of benzene rings is 1. The number of ether oxygens (including phenoxy) is 1. The first-order chi connectivity index (χ1) is 11.0. The normalized spacial score (nSPS) is 13.2. The van der Waals surface area contributed by atoms with Gasteiger partial charge < -0.3 is 15.2 Å². The Hall–Kier alpha value is -1.88. The predicted molar refractivity (Wildman–Crippen MR) is 93.3 cm³/mol. The van der Waals surface area contributed by atoms with Gasteiger partial charge in [0.1, 0.15) is 5.60 Å². The van der Waals surface area contributed by atoms with Crippen molar-refractivity contribution in [2.45, 2.75) is 59.1 Å². The fourth-order valence-corrected chi connectivity index (χ4v) is 2.43. The average Bonchev–Trinajstić information content (AvgIpc) is 2.42. The SMILES string of the molecule is CC(C)(CC(=O)N[C@H](CO)c1ccccc1)CC(=O)OC(C)(C)C. The lowest BCUT2D eigenvalue weighted by atomic mass is 9.85. The van der Waals surface area contributed by atoms with Gasteiger partial charge in [-0.25, -0.2) is 0 Å². The van der Waals surface area contributed by atoms with Crippen molar-refractivity contribution >= 4 is 11.9 Å². The molecule has 0 bridgehead atoms. The Kier molecular flexibility index (Phi) is 6.96. The third kappa shape index (κ3) is 7.59. The number of aliphatic hydroxyl groups is 1. The van der Waals surface area contributed by atoms with Gasteiger partial charge in [0.05, 0.1) is 19.1 Å². The summed E-state index contributed by atoms with van der Waals surface area (Å²) in [5, 5.41) is 12.3. The molecule has 1 aromatic carbocycles. The molecule has 0 aliphatic heterocycles. The number of rotatable bonds is 7. The van der Waals surface area contributed by atoms with Gasteiger partial charge in [-0.2, -0.15) is 0 Å². The Bertz CT molecular complexity index is 546. The van der Waals surface area contributed by atoms with Crippen molar-refractivity contribution in [2.24, 2.45) is 5.41 Å². The Labute approximate surface area is 144 Å². The third-order valence-corrected chi connectivity index (χ3v) is 3.40. The topological polar surface area (TPSA) is 75.6 Å². The summed E-state index contributed by atoms with van der Waals surface area (Å²) in [5.41, 5.74) is -0.216. The van der Waals surface area contributed by atoms with E-state index in [4.69, 9.17) is 4.74 Å². The molecule has 0 fully saturated rings. The third-order valence-electron chi connectivity index (χ3n) is 3.40. The van der Waals surface area contributed by atoms with Gasteiger partial charge in [-0.1, -0.05) is 44.2 Å². The number of amides is 1. The highest BCUT2D eigenvalue weighted by molar-refractivity contribution is 5.78. The number of aliphatic hydroxyl groups excluding tert-OH is 1. The number of nitrogens with one attached hydrogen (secondary N) is 1.